The molecule has 1 fully saturated rings. The second-order valence-corrected chi connectivity index (χ2v) is 10.3. The van der Waals surface area contributed by atoms with Gasteiger partial charge in [0.15, 0.2) is 5.69 Å². The van der Waals surface area contributed by atoms with Gasteiger partial charge in [-0.15, -0.1) is 0 Å². The number of ether oxygens (including phenoxy) is 1. The van der Waals surface area contributed by atoms with Gasteiger partial charge in [0.05, 0.1) is 29.3 Å². The number of aromatic amines is 1. The van der Waals surface area contributed by atoms with E-state index in [-0.39, 0.29) is 11.6 Å². The highest BCUT2D eigenvalue weighted by Gasteiger charge is 2.33. The predicted octanol–water partition coefficient (Wildman–Crippen LogP) is 5.92. The number of H-pyrrole nitrogens is 1. The van der Waals surface area contributed by atoms with Crippen LogP contribution in [0.2, 0.25) is 5.02 Å². The lowest BCUT2D eigenvalue weighted by Gasteiger charge is -2.26. The fourth-order valence-corrected chi connectivity index (χ4v) is 4.95. The first-order chi connectivity index (χ1) is 20.1. The minimum atomic E-state index is -4.65. The first-order valence-electron chi connectivity index (χ1n) is 13.2. The lowest BCUT2D eigenvalue weighted by atomic mass is 9.98. The van der Waals surface area contributed by atoms with Crippen LogP contribution in [0.1, 0.15) is 21.6 Å². The quantitative estimate of drug-likeness (QED) is 0.211. The van der Waals surface area contributed by atoms with Crippen molar-refractivity contribution in [1.82, 2.24) is 20.4 Å². The number of aryl methyl sites for hydroxylation is 1. The summed E-state index contributed by atoms with van der Waals surface area (Å²) >= 11 is 5.66. The molecule has 3 amide bonds. The van der Waals surface area contributed by atoms with Gasteiger partial charge >= 0.3 is 12.2 Å². The second-order valence-electron chi connectivity index (χ2n) is 9.84. The molecule has 9 nitrogen and oxygen atoms in total. The highest BCUT2D eigenvalue weighted by Crippen LogP contribution is 2.36. The maximum absolute atomic E-state index is 13.2. The Bertz CT molecular complexity index is 1620. The second kappa shape index (κ2) is 12.4. The molecule has 5 rings (SSSR count). The Kier molecular flexibility index (Phi) is 8.66. The number of alkyl halides is 3. The number of carbonyl (C=O) groups excluding carboxylic acids is 2. The molecule has 0 radical (unpaired) electrons. The van der Waals surface area contributed by atoms with E-state index in [0.29, 0.717) is 42.0 Å². The molecule has 0 saturated carbocycles. The molecule has 4 aromatic rings. The van der Waals surface area contributed by atoms with Crippen molar-refractivity contribution in [1.29, 1.82) is 0 Å². The van der Waals surface area contributed by atoms with Crippen molar-refractivity contribution in [3.05, 3.63) is 76.4 Å². The standard InChI is InChI=1S/C29H28ClF3N6O3/c1-17-2-4-19(35-28(41)36-20-5-7-24(30)23(16-20)29(31,32)33)15-22(17)18-3-6-21-25(14-18)37-38-26(21)27(40)34-8-9-39-10-12-42-13-11-39/h2-7,14-16H,8-13H2,1H3,(H,34,40)(H,37,38)(H2,35,36,41). The van der Waals surface area contributed by atoms with E-state index in [1.165, 1.54) is 6.07 Å². The summed E-state index contributed by atoms with van der Waals surface area (Å²) in [6.45, 7) is 6.22. The van der Waals surface area contributed by atoms with Gasteiger partial charge in [0.25, 0.3) is 5.91 Å². The largest absolute Gasteiger partial charge is 0.417 e. The number of anilines is 2. The molecule has 1 saturated heterocycles. The monoisotopic (exact) mass is 600 g/mol. The minimum absolute atomic E-state index is 0.0535. The van der Waals surface area contributed by atoms with E-state index in [1.807, 2.05) is 31.2 Å². The van der Waals surface area contributed by atoms with Crippen LogP contribution < -0.4 is 16.0 Å². The van der Waals surface area contributed by atoms with Gasteiger partial charge in [0, 0.05) is 42.9 Å². The normalized spacial score (nSPS) is 14.1. The van der Waals surface area contributed by atoms with Gasteiger partial charge in [-0.25, -0.2) is 4.79 Å². The van der Waals surface area contributed by atoms with E-state index in [9.17, 15) is 22.8 Å². The molecule has 1 aliphatic heterocycles. The lowest BCUT2D eigenvalue weighted by molar-refractivity contribution is -0.137. The Morgan fingerprint density at radius 3 is 2.48 bits per heavy atom. The molecule has 0 spiro atoms. The fourth-order valence-electron chi connectivity index (χ4n) is 4.72. The molecule has 2 heterocycles. The number of benzene rings is 3. The number of nitrogens with zero attached hydrogens (tertiary/aromatic N) is 2. The van der Waals surface area contributed by atoms with E-state index < -0.39 is 22.8 Å². The SMILES string of the molecule is Cc1ccc(NC(=O)Nc2ccc(Cl)c(C(F)(F)F)c2)cc1-c1ccc2c(C(=O)NCCN3CCOCC3)n[nH]c2c1. The average Bonchev–Trinajstić information content (AvgIpc) is 3.38. The van der Waals surface area contributed by atoms with Gasteiger partial charge in [0.2, 0.25) is 0 Å². The van der Waals surface area contributed by atoms with Crippen LogP contribution in [-0.2, 0) is 10.9 Å². The number of urea groups is 1. The number of aromatic nitrogens is 2. The average molecular weight is 601 g/mol. The van der Waals surface area contributed by atoms with Crippen molar-refractivity contribution in [2.75, 3.05) is 50.0 Å². The highest BCUT2D eigenvalue weighted by atomic mass is 35.5. The fraction of sp³-hybridized carbons (Fsp3) is 0.276. The third kappa shape index (κ3) is 6.84. The number of carbonyl (C=O) groups is 2. The molecule has 220 valence electrons. The predicted molar refractivity (Wildman–Crippen MR) is 155 cm³/mol. The topological polar surface area (TPSA) is 111 Å². The van der Waals surface area contributed by atoms with Gasteiger partial charge in [-0.2, -0.15) is 18.3 Å². The number of hydrogen-bond acceptors (Lipinski definition) is 5. The van der Waals surface area contributed by atoms with E-state index in [2.05, 4.69) is 31.0 Å². The number of fused-ring (bicyclic) bond motifs is 1. The molecule has 42 heavy (non-hydrogen) atoms. The molecule has 1 aromatic heterocycles. The molecule has 0 aliphatic carbocycles. The molecule has 0 atom stereocenters. The smallest absolute Gasteiger partial charge is 0.379 e. The van der Waals surface area contributed by atoms with E-state index >= 15 is 0 Å². The summed E-state index contributed by atoms with van der Waals surface area (Å²) in [6.07, 6.45) is -4.65. The van der Waals surface area contributed by atoms with Gasteiger partial charge in [-0.05, 0) is 66.1 Å². The maximum atomic E-state index is 13.2. The lowest BCUT2D eigenvalue weighted by Crippen LogP contribution is -2.41. The Morgan fingerprint density at radius 1 is 1.02 bits per heavy atom. The van der Waals surface area contributed by atoms with Crippen LogP contribution in [0.3, 0.4) is 0 Å². The van der Waals surface area contributed by atoms with Crippen molar-refractivity contribution < 1.29 is 27.5 Å². The van der Waals surface area contributed by atoms with Gasteiger partial charge in [-0.1, -0.05) is 23.7 Å². The molecular formula is C29H28ClF3N6O3. The molecular weight excluding hydrogens is 573 g/mol. The summed E-state index contributed by atoms with van der Waals surface area (Å²) in [6, 6.07) is 13.2. The van der Waals surface area contributed by atoms with Gasteiger partial charge < -0.3 is 20.7 Å². The zero-order valence-corrected chi connectivity index (χ0v) is 23.3. The van der Waals surface area contributed by atoms with Gasteiger partial charge in [-0.3, -0.25) is 14.8 Å². The highest BCUT2D eigenvalue weighted by molar-refractivity contribution is 6.31. The van der Waals surface area contributed by atoms with Crippen molar-refractivity contribution in [2.45, 2.75) is 13.1 Å². The molecule has 3 aromatic carbocycles. The maximum Gasteiger partial charge on any atom is 0.417 e. The van der Waals surface area contributed by atoms with Crippen LogP contribution in [0, 0.1) is 6.92 Å². The number of halogens is 4. The molecule has 1 aliphatic rings. The van der Waals surface area contributed by atoms with Crippen molar-refractivity contribution in [2.24, 2.45) is 0 Å². The summed E-state index contributed by atoms with van der Waals surface area (Å²) < 4.78 is 44.8. The van der Waals surface area contributed by atoms with E-state index in [0.717, 1.165) is 48.5 Å². The molecule has 4 N–H and O–H groups in total. The first-order valence-corrected chi connectivity index (χ1v) is 13.6. The van der Waals surface area contributed by atoms with Crippen molar-refractivity contribution >= 4 is 45.8 Å². The summed E-state index contributed by atoms with van der Waals surface area (Å²) in [5.41, 5.74) is 2.87. The summed E-state index contributed by atoms with van der Waals surface area (Å²) in [7, 11) is 0. The molecule has 0 unspecified atom stereocenters. The number of rotatable bonds is 7. The van der Waals surface area contributed by atoms with Crippen LogP contribution in [0.25, 0.3) is 22.0 Å². The minimum Gasteiger partial charge on any atom is -0.379 e. The Balaban J connectivity index is 1.26. The van der Waals surface area contributed by atoms with Crippen LogP contribution >= 0.6 is 11.6 Å². The van der Waals surface area contributed by atoms with Crippen molar-refractivity contribution in [3.8, 4) is 11.1 Å². The number of morpholine rings is 1. The Morgan fingerprint density at radius 2 is 1.74 bits per heavy atom. The van der Waals surface area contributed by atoms with E-state index in [4.69, 9.17) is 16.3 Å². The Hall–Kier alpha value is -4.13. The number of amides is 3. The first kappa shape index (κ1) is 29.4. The van der Waals surface area contributed by atoms with Gasteiger partial charge in [0.1, 0.15) is 0 Å². The molecule has 0 bridgehead atoms. The molecule has 13 heteroatoms. The van der Waals surface area contributed by atoms with Crippen molar-refractivity contribution in [3.63, 3.8) is 0 Å². The number of hydrogen-bond donors (Lipinski definition) is 4. The third-order valence-electron chi connectivity index (χ3n) is 6.93. The summed E-state index contributed by atoms with van der Waals surface area (Å²) in [4.78, 5) is 27.6. The van der Waals surface area contributed by atoms with Crippen LogP contribution in [0.4, 0.5) is 29.3 Å². The Labute approximate surface area is 244 Å². The van der Waals surface area contributed by atoms with Crippen LogP contribution in [0.15, 0.2) is 54.6 Å². The number of nitrogens with one attached hydrogen (secondary N) is 4. The zero-order valence-electron chi connectivity index (χ0n) is 22.6. The van der Waals surface area contributed by atoms with Crippen LogP contribution in [-0.4, -0.2) is 66.4 Å². The summed E-state index contributed by atoms with van der Waals surface area (Å²) in [5, 5.41) is 15.4. The zero-order chi connectivity index (χ0) is 29.9. The van der Waals surface area contributed by atoms with E-state index in [1.54, 1.807) is 12.1 Å². The third-order valence-corrected chi connectivity index (χ3v) is 7.26. The summed E-state index contributed by atoms with van der Waals surface area (Å²) in [5.74, 6) is -0.265. The van der Waals surface area contributed by atoms with Crippen LogP contribution in [0.5, 0.6) is 0 Å².